The SMILES string of the molecule is C[C@@H]1[C@H](CN2CCOCC2)O[C@H](c2ccc(-c3ccccc3CNC(=O)Nc3ccc(Oc4ccccc4)cc3)cc2)O[C@@H]1c1ccc(CO)cc1. The van der Waals surface area contributed by atoms with Gasteiger partial charge < -0.3 is 34.7 Å². The first kappa shape index (κ1) is 35.4. The van der Waals surface area contributed by atoms with E-state index in [1.807, 2.05) is 97.1 Å². The maximum atomic E-state index is 12.9. The van der Waals surface area contributed by atoms with Crippen LogP contribution >= 0.6 is 0 Å². The molecule has 0 spiro atoms. The van der Waals surface area contributed by atoms with Gasteiger partial charge in [0.25, 0.3) is 0 Å². The summed E-state index contributed by atoms with van der Waals surface area (Å²) in [7, 11) is 0. The minimum atomic E-state index is -0.543. The van der Waals surface area contributed by atoms with Crippen molar-refractivity contribution in [3.63, 3.8) is 0 Å². The molecule has 5 aromatic carbocycles. The summed E-state index contributed by atoms with van der Waals surface area (Å²) in [5, 5.41) is 15.5. The lowest BCUT2D eigenvalue weighted by atomic mass is 9.90. The Kier molecular flexibility index (Phi) is 11.6. The second-order valence-electron chi connectivity index (χ2n) is 13.3. The number of urea groups is 1. The van der Waals surface area contributed by atoms with Gasteiger partial charge in [-0.3, -0.25) is 4.90 Å². The first-order valence-corrected chi connectivity index (χ1v) is 17.9. The number of aliphatic hydroxyl groups is 1. The van der Waals surface area contributed by atoms with Crippen molar-refractivity contribution < 1.29 is 28.8 Å². The van der Waals surface area contributed by atoms with Gasteiger partial charge in [-0.05, 0) is 64.2 Å². The molecule has 2 aliphatic heterocycles. The second kappa shape index (κ2) is 17.0. The summed E-state index contributed by atoms with van der Waals surface area (Å²) >= 11 is 0. The summed E-state index contributed by atoms with van der Waals surface area (Å²) < 4.78 is 24.8. The lowest BCUT2D eigenvalue weighted by Crippen LogP contribution is -2.47. The molecule has 52 heavy (non-hydrogen) atoms. The van der Waals surface area contributed by atoms with Gasteiger partial charge in [-0.1, -0.05) is 97.9 Å². The minimum absolute atomic E-state index is 0.00592. The number of anilines is 1. The molecule has 3 N–H and O–H groups in total. The van der Waals surface area contributed by atoms with E-state index in [0.717, 1.165) is 72.0 Å². The van der Waals surface area contributed by atoms with Crippen molar-refractivity contribution in [1.29, 1.82) is 0 Å². The molecule has 9 nitrogen and oxygen atoms in total. The molecule has 7 rings (SSSR count). The van der Waals surface area contributed by atoms with E-state index in [1.165, 1.54) is 0 Å². The summed E-state index contributed by atoms with van der Waals surface area (Å²) in [6.07, 6.45) is -0.758. The third-order valence-corrected chi connectivity index (χ3v) is 9.71. The highest BCUT2D eigenvalue weighted by Gasteiger charge is 2.39. The zero-order valence-corrected chi connectivity index (χ0v) is 29.3. The fourth-order valence-corrected chi connectivity index (χ4v) is 6.72. The molecule has 5 aromatic rings. The Morgan fingerprint density at radius 2 is 1.46 bits per heavy atom. The molecule has 0 aliphatic carbocycles. The summed E-state index contributed by atoms with van der Waals surface area (Å²) in [6.45, 7) is 6.59. The number of benzene rings is 5. The molecule has 0 radical (unpaired) electrons. The summed E-state index contributed by atoms with van der Waals surface area (Å²) in [4.78, 5) is 15.3. The monoisotopic (exact) mass is 699 g/mol. The minimum Gasteiger partial charge on any atom is -0.457 e. The molecule has 2 fully saturated rings. The van der Waals surface area contributed by atoms with Gasteiger partial charge >= 0.3 is 6.03 Å². The summed E-state index contributed by atoms with van der Waals surface area (Å²) in [5.74, 6) is 1.56. The Morgan fingerprint density at radius 3 is 2.19 bits per heavy atom. The van der Waals surface area contributed by atoms with Gasteiger partial charge in [-0.15, -0.1) is 0 Å². The maximum Gasteiger partial charge on any atom is 0.319 e. The van der Waals surface area contributed by atoms with Crippen LogP contribution in [0.4, 0.5) is 10.5 Å². The van der Waals surface area contributed by atoms with Crippen molar-refractivity contribution in [2.45, 2.75) is 38.6 Å². The lowest BCUT2D eigenvalue weighted by Gasteiger charge is -2.43. The third-order valence-electron chi connectivity index (χ3n) is 9.71. The van der Waals surface area contributed by atoms with E-state index >= 15 is 0 Å². The number of amides is 2. The topological polar surface area (TPSA) is 102 Å². The molecule has 268 valence electrons. The molecule has 0 aromatic heterocycles. The Labute approximate surface area is 305 Å². The number of ether oxygens (including phenoxy) is 4. The lowest BCUT2D eigenvalue weighted by molar-refractivity contribution is -0.277. The zero-order chi connectivity index (χ0) is 35.7. The van der Waals surface area contributed by atoms with Gasteiger partial charge in [-0.25, -0.2) is 4.79 Å². The van der Waals surface area contributed by atoms with Crippen LogP contribution in [0.2, 0.25) is 0 Å². The number of carbonyl (C=O) groups excluding carboxylic acids is 1. The maximum absolute atomic E-state index is 12.9. The summed E-state index contributed by atoms with van der Waals surface area (Å²) in [6, 6.07) is 40.9. The normalized spacial score (nSPS) is 20.6. The van der Waals surface area contributed by atoms with Crippen LogP contribution in [0, 0.1) is 5.92 Å². The number of nitrogens with zero attached hydrogens (tertiary/aromatic N) is 1. The molecule has 2 amide bonds. The van der Waals surface area contributed by atoms with Crippen molar-refractivity contribution in [1.82, 2.24) is 10.2 Å². The number of nitrogens with one attached hydrogen (secondary N) is 2. The van der Waals surface area contributed by atoms with Crippen LogP contribution in [0.25, 0.3) is 11.1 Å². The fraction of sp³-hybridized carbons (Fsp3) is 0.279. The van der Waals surface area contributed by atoms with Crippen molar-refractivity contribution in [3.8, 4) is 22.6 Å². The molecule has 2 heterocycles. The number of hydrogen-bond acceptors (Lipinski definition) is 7. The van der Waals surface area contributed by atoms with E-state index in [-0.39, 0.29) is 30.8 Å². The standard InChI is InChI=1S/C43H45N3O6/c1-30-40(28-46-23-25-49-26-24-46)51-42(52-41(30)33-13-11-31(29-47)12-14-33)34-17-15-32(16-18-34)39-10-6-5-7-35(39)27-44-43(48)45-36-19-21-38(22-20-36)50-37-8-3-2-4-9-37/h2-22,30,40-42,47H,23-29H2,1H3,(H2,44,45,48)/t30-,40+,41+,42+/m1/s1. The molecule has 0 saturated carbocycles. The largest absolute Gasteiger partial charge is 0.457 e. The number of carbonyl (C=O) groups is 1. The highest BCUT2D eigenvalue weighted by Crippen LogP contribution is 2.42. The molecule has 0 bridgehead atoms. The van der Waals surface area contributed by atoms with Crippen molar-refractivity contribution in [2.75, 3.05) is 38.2 Å². The Balaban J connectivity index is 1.01. The quantitative estimate of drug-likeness (QED) is 0.128. The fourth-order valence-electron chi connectivity index (χ4n) is 6.72. The second-order valence-corrected chi connectivity index (χ2v) is 13.3. The number of aliphatic hydroxyl groups excluding tert-OH is 1. The number of morpholine rings is 1. The summed E-state index contributed by atoms with van der Waals surface area (Å²) in [5.41, 5.74) is 6.60. The van der Waals surface area contributed by atoms with Gasteiger partial charge in [0.15, 0.2) is 6.29 Å². The average molecular weight is 700 g/mol. The van der Waals surface area contributed by atoms with E-state index in [9.17, 15) is 9.90 Å². The van der Waals surface area contributed by atoms with Crippen LogP contribution in [0.15, 0.2) is 127 Å². The van der Waals surface area contributed by atoms with Gasteiger partial charge in [0.2, 0.25) is 0 Å². The van der Waals surface area contributed by atoms with Gasteiger partial charge in [0.05, 0.1) is 32.0 Å². The average Bonchev–Trinajstić information content (AvgIpc) is 3.20. The number of rotatable bonds is 11. The van der Waals surface area contributed by atoms with Gasteiger partial charge in [-0.2, -0.15) is 0 Å². The molecular weight excluding hydrogens is 654 g/mol. The zero-order valence-electron chi connectivity index (χ0n) is 29.3. The van der Waals surface area contributed by atoms with E-state index in [2.05, 4.69) is 52.8 Å². The Hall–Kier alpha value is -5.03. The number of hydrogen-bond donors (Lipinski definition) is 3. The van der Waals surface area contributed by atoms with Gasteiger partial charge in [0, 0.05) is 43.3 Å². The van der Waals surface area contributed by atoms with E-state index in [0.29, 0.717) is 18.0 Å². The highest BCUT2D eigenvalue weighted by molar-refractivity contribution is 5.89. The predicted molar refractivity (Wildman–Crippen MR) is 201 cm³/mol. The molecule has 9 heteroatoms. The van der Waals surface area contributed by atoms with Crippen molar-refractivity contribution in [2.24, 2.45) is 5.92 Å². The van der Waals surface area contributed by atoms with Crippen LogP contribution in [-0.4, -0.2) is 55.0 Å². The smallest absolute Gasteiger partial charge is 0.319 e. The third kappa shape index (κ3) is 8.88. The van der Waals surface area contributed by atoms with E-state index in [1.54, 1.807) is 0 Å². The molecule has 4 atom stereocenters. The Morgan fingerprint density at radius 1 is 0.788 bits per heavy atom. The molecule has 0 unspecified atom stereocenters. The molecule has 2 aliphatic rings. The van der Waals surface area contributed by atoms with E-state index in [4.69, 9.17) is 18.9 Å². The van der Waals surface area contributed by atoms with Crippen molar-refractivity contribution in [3.05, 3.63) is 150 Å². The van der Waals surface area contributed by atoms with Gasteiger partial charge in [0.1, 0.15) is 11.5 Å². The first-order valence-electron chi connectivity index (χ1n) is 17.9. The number of para-hydroxylation sites is 1. The first-order chi connectivity index (χ1) is 25.5. The molecular formula is C43H45N3O6. The van der Waals surface area contributed by atoms with Crippen LogP contribution in [-0.2, 0) is 27.4 Å². The Bertz CT molecular complexity index is 1880. The van der Waals surface area contributed by atoms with Crippen molar-refractivity contribution >= 4 is 11.7 Å². The highest BCUT2D eigenvalue weighted by atomic mass is 16.7. The van der Waals surface area contributed by atoms with E-state index < -0.39 is 6.29 Å². The van der Waals surface area contributed by atoms with Crippen LogP contribution in [0.3, 0.4) is 0 Å². The van der Waals surface area contributed by atoms with Crippen LogP contribution in [0.1, 0.15) is 41.6 Å². The van der Waals surface area contributed by atoms with Crippen LogP contribution < -0.4 is 15.4 Å². The molecule has 2 saturated heterocycles. The predicted octanol–water partition coefficient (Wildman–Crippen LogP) is 8.08. The van der Waals surface area contributed by atoms with Crippen LogP contribution in [0.5, 0.6) is 11.5 Å².